The zero-order valence-electron chi connectivity index (χ0n) is 11.1. The van der Waals surface area contributed by atoms with Gasteiger partial charge in [0.15, 0.2) is 0 Å². The van der Waals surface area contributed by atoms with Gasteiger partial charge in [-0.05, 0) is 38.6 Å². The molecule has 1 aliphatic heterocycles. The summed E-state index contributed by atoms with van der Waals surface area (Å²) in [4.78, 5) is 2.57. The van der Waals surface area contributed by atoms with Gasteiger partial charge >= 0.3 is 0 Å². The number of rotatable bonds is 5. The van der Waals surface area contributed by atoms with Crippen molar-refractivity contribution < 1.29 is 0 Å². The average Bonchev–Trinajstić information content (AvgIpc) is 2.63. The second kappa shape index (κ2) is 5.31. The normalized spacial score (nSPS) is 24.0. The molecule has 1 rings (SSSR count). The molecule has 15 heavy (non-hydrogen) atoms. The van der Waals surface area contributed by atoms with Gasteiger partial charge in [0, 0.05) is 25.2 Å². The van der Waals surface area contributed by atoms with Gasteiger partial charge in [0.1, 0.15) is 0 Å². The van der Waals surface area contributed by atoms with Crippen LogP contribution in [0, 0.1) is 5.41 Å². The van der Waals surface area contributed by atoms with Gasteiger partial charge in [0.05, 0.1) is 0 Å². The van der Waals surface area contributed by atoms with E-state index >= 15 is 0 Å². The van der Waals surface area contributed by atoms with E-state index in [2.05, 4.69) is 44.8 Å². The molecule has 0 saturated carbocycles. The molecule has 1 heterocycles. The molecule has 0 aromatic heterocycles. The van der Waals surface area contributed by atoms with E-state index in [0.717, 1.165) is 12.6 Å². The summed E-state index contributed by atoms with van der Waals surface area (Å²) in [6, 6.07) is 1.43. The first kappa shape index (κ1) is 13.0. The second-order valence-corrected chi connectivity index (χ2v) is 5.97. The van der Waals surface area contributed by atoms with Crippen molar-refractivity contribution in [3.63, 3.8) is 0 Å². The molecule has 0 bridgehead atoms. The minimum atomic E-state index is 0.450. The highest BCUT2D eigenvalue weighted by Gasteiger charge is 2.25. The molecule has 0 aromatic carbocycles. The Labute approximate surface area is 95.4 Å². The fraction of sp³-hybridized carbons (Fsp3) is 1.00. The SMILES string of the molecule is CCC(C)(C)CNC1CCN(C(C)C)C1. The molecule has 1 atom stereocenters. The number of nitrogens with one attached hydrogen (secondary N) is 1. The van der Waals surface area contributed by atoms with E-state index in [9.17, 15) is 0 Å². The molecule has 0 aliphatic carbocycles. The van der Waals surface area contributed by atoms with Crippen molar-refractivity contribution >= 4 is 0 Å². The maximum absolute atomic E-state index is 3.72. The summed E-state index contributed by atoms with van der Waals surface area (Å²) < 4.78 is 0. The summed E-state index contributed by atoms with van der Waals surface area (Å²) in [6.45, 7) is 15.2. The van der Waals surface area contributed by atoms with Crippen molar-refractivity contribution in [2.45, 2.75) is 59.5 Å². The Morgan fingerprint density at radius 1 is 1.40 bits per heavy atom. The molecule has 1 aliphatic rings. The van der Waals surface area contributed by atoms with Gasteiger partial charge in [-0.2, -0.15) is 0 Å². The van der Waals surface area contributed by atoms with Gasteiger partial charge in [-0.1, -0.05) is 20.8 Å². The van der Waals surface area contributed by atoms with Crippen molar-refractivity contribution in [2.24, 2.45) is 5.41 Å². The van der Waals surface area contributed by atoms with Crippen molar-refractivity contribution in [3.05, 3.63) is 0 Å². The van der Waals surface area contributed by atoms with Gasteiger partial charge in [0.25, 0.3) is 0 Å². The van der Waals surface area contributed by atoms with Crippen LogP contribution in [-0.4, -0.2) is 36.6 Å². The third kappa shape index (κ3) is 4.12. The second-order valence-electron chi connectivity index (χ2n) is 5.97. The van der Waals surface area contributed by atoms with Crippen molar-refractivity contribution in [2.75, 3.05) is 19.6 Å². The summed E-state index contributed by atoms with van der Waals surface area (Å²) >= 11 is 0. The number of hydrogen-bond acceptors (Lipinski definition) is 2. The van der Waals surface area contributed by atoms with Crippen molar-refractivity contribution in [1.29, 1.82) is 0 Å². The Balaban J connectivity index is 2.25. The zero-order valence-corrected chi connectivity index (χ0v) is 11.1. The van der Waals surface area contributed by atoms with Crippen molar-refractivity contribution in [3.8, 4) is 0 Å². The lowest BCUT2D eigenvalue weighted by Gasteiger charge is -2.26. The minimum Gasteiger partial charge on any atom is -0.312 e. The van der Waals surface area contributed by atoms with Crippen molar-refractivity contribution in [1.82, 2.24) is 10.2 Å². The van der Waals surface area contributed by atoms with Crippen LogP contribution in [0.2, 0.25) is 0 Å². The summed E-state index contributed by atoms with van der Waals surface area (Å²) in [6.07, 6.45) is 2.57. The predicted molar refractivity (Wildman–Crippen MR) is 67.2 cm³/mol. The largest absolute Gasteiger partial charge is 0.312 e. The number of hydrogen-bond donors (Lipinski definition) is 1. The summed E-state index contributed by atoms with van der Waals surface area (Å²) in [5, 5.41) is 3.72. The maximum Gasteiger partial charge on any atom is 0.0207 e. The highest BCUT2D eigenvalue weighted by atomic mass is 15.2. The first-order valence-corrected chi connectivity index (χ1v) is 6.42. The summed E-state index contributed by atoms with van der Waals surface area (Å²) in [5.74, 6) is 0. The van der Waals surface area contributed by atoms with E-state index in [1.165, 1.54) is 25.9 Å². The highest BCUT2D eigenvalue weighted by molar-refractivity contribution is 4.84. The zero-order chi connectivity index (χ0) is 11.5. The van der Waals surface area contributed by atoms with E-state index in [1.807, 2.05) is 0 Å². The molecule has 1 unspecified atom stereocenters. The number of likely N-dealkylation sites (tertiary alicyclic amines) is 1. The smallest absolute Gasteiger partial charge is 0.0207 e. The van der Waals surface area contributed by atoms with Gasteiger partial charge < -0.3 is 5.32 Å². The lowest BCUT2D eigenvalue weighted by atomic mass is 9.90. The molecular formula is C13H28N2. The molecule has 1 fully saturated rings. The van der Waals surface area contributed by atoms with Crippen LogP contribution < -0.4 is 5.32 Å². The fourth-order valence-electron chi connectivity index (χ4n) is 1.97. The molecule has 2 heteroatoms. The first-order valence-electron chi connectivity index (χ1n) is 6.42. The van der Waals surface area contributed by atoms with Crippen LogP contribution in [0.5, 0.6) is 0 Å². The molecule has 0 radical (unpaired) electrons. The predicted octanol–water partition coefficient (Wildman–Crippen LogP) is 2.49. The van der Waals surface area contributed by atoms with Crippen LogP contribution in [0.4, 0.5) is 0 Å². The van der Waals surface area contributed by atoms with Gasteiger partial charge in [-0.25, -0.2) is 0 Å². The fourth-order valence-corrected chi connectivity index (χ4v) is 1.97. The third-order valence-electron chi connectivity index (χ3n) is 3.78. The monoisotopic (exact) mass is 212 g/mol. The Morgan fingerprint density at radius 2 is 2.07 bits per heavy atom. The van der Waals surface area contributed by atoms with E-state index in [0.29, 0.717) is 11.5 Å². The van der Waals surface area contributed by atoms with Gasteiger partial charge in [0.2, 0.25) is 0 Å². The van der Waals surface area contributed by atoms with E-state index < -0.39 is 0 Å². The molecule has 90 valence electrons. The van der Waals surface area contributed by atoms with Crippen LogP contribution in [0.1, 0.15) is 47.5 Å². The summed E-state index contributed by atoms with van der Waals surface area (Å²) in [7, 11) is 0. The van der Waals surface area contributed by atoms with E-state index in [-0.39, 0.29) is 0 Å². The van der Waals surface area contributed by atoms with Crippen LogP contribution in [0.15, 0.2) is 0 Å². The molecule has 2 nitrogen and oxygen atoms in total. The Kier molecular flexibility index (Phi) is 4.60. The number of nitrogens with zero attached hydrogens (tertiary/aromatic N) is 1. The Bertz CT molecular complexity index is 187. The molecule has 0 spiro atoms. The molecular weight excluding hydrogens is 184 g/mol. The van der Waals surface area contributed by atoms with Gasteiger partial charge in [-0.15, -0.1) is 0 Å². The Hall–Kier alpha value is -0.0800. The van der Waals surface area contributed by atoms with Gasteiger partial charge in [-0.3, -0.25) is 4.90 Å². The lowest BCUT2D eigenvalue weighted by Crippen LogP contribution is -2.39. The van der Waals surface area contributed by atoms with E-state index in [4.69, 9.17) is 0 Å². The molecule has 0 amide bonds. The lowest BCUT2D eigenvalue weighted by molar-refractivity contribution is 0.259. The minimum absolute atomic E-state index is 0.450. The molecule has 0 aromatic rings. The maximum atomic E-state index is 3.72. The Morgan fingerprint density at radius 3 is 2.53 bits per heavy atom. The van der Waals surface area contributed by atoms with E-state index in [1.54, 1.807) is 0 Å². The van der Waals surface area contributed by atoms with Crippen LogP contribution in [0.25, 0.3) is 0 Å². The quantitative estimate of drug-likeness (QED) is 0.753. The first-order chi connectivity index (χ1) is 6.94. The topological polar surface area (TPSA) is 15.3 Å². The summed E-state index contributed by atoms with van der Waals surface area (Å²) in [5.41, 5.74) is 0.450. The third-order valence-corrected chi connectivity index (χ3v) is 3.78. The van der Waals surface area contributed by atoms with Crippen LogP contribution in [-0.2, 0) is 0 Å². The highest BCUT2D eigenvalue weighted by Crippen LogP contribution is 2.19. The van der Waals surface area contributed by atoms with Crippen LogP contribution in [0.3, 0.4) is 0 Å². The average molecular weight is 212 g/mol. The van der Waals surface area contributed by atoms with Crippen LogP contribution >= 0.6 is 0 Å². The molecule has 1 N–H and O–H groups in total. The standard InChI is InChI=1S/C13H28N2/c1-6-13(4,5)10-14-12-7-8-15(9-12)11(2)3/h11-12,14H,6-10H2,1-5H3. The molecule has 1 saturated heterocycles.